The van der Waals surface area contributed by atoms with Gasteiger partial charge >= 0.3 is 5.97 Å². The van der Waals surface area contributed by atoms with E-state index in [2.05, 4.69) is 19.8 Å². The molecule has 0 N–H and O–H groups in total. The Labute approximate surface area is 103 Å². The fourth-order valence-corrected chi connectivity index (χ4v) is 1.63. The molecule has 0 aliphatic rings. The first-order valence-corrected chi connectivity index (χ1v) is 5.41. The maximum absolute atomic E-state index is 11.3. The molecule has 0 unspecified atom stereocenters. The van der Waals surface area contributed by atoms with Crippen molar-refractivity contribution in [3.63, 3.8) is 0 Å². The molecule has 0 spiro atoms. The van der Waals surface area contributed by atoms with Crippen molar-refractivity contribution in [3.8, 4) is 0 Å². The maximum atomic E-state index is 11.3. The van der Waals surface area contributed by atoms with Crippen LogP contribution in [0.25, 0.3) is 11.2 Å². The first-order valence-electron chi connectivity index (χ1n) is 5.03. The fraction of sp³-hybridized carbons (Fsp3) is 0.400. The predicted molar refractivity (Wildman–Crippen MR) is 61.5 cm³/mol. The second-order valence-electron chi connectivity index (χ2n) is 3.65. The molecule has 1 atom stereocenters. The molecule has 90 valence electrons. The molecule has 0 bridgehead atoms. The van der Waals surface area contributed by atoms with E-state index in [1.807, 2.05) is 0 Å². The number of aromatic nitrogens is 4. The quantitative estimate of drug-likeness (QED) is 0.772. The van der Waals surface area contributed by atoms with Gasteiger partial charge in [0.2, 0.25) is 0 Å². The lowest BCUT2D eigenvalue weighted by atomic mass is 10.2. The molecule has 17 heavy (non-hydrogen) atoms. The van der Waals surface area contributed by atoms with Crippen molar-refractivity contribution < 1.29 is 9.53 Å². The Hall–Kier alpha value is -1.69. The number of esters is 1. The van der Waals surface area contributed by atoms with Crippen LogP contribution in [0.15, 0.2) is 12.4 Å². The van der Waals surface area contributed by atoms with E-state index in [0.717, 1.165) is 0 Å². The lowest BCUT2D eigenvalue weighted by Crippen LogP contribution is -2.19. The van der Waals surface area contributed by atoms with Crippen molar-refractivity contribution in [2.75, 3.05) is 7.11 Å². The highest BCUT2D eigenvalue weighted by Gasteiger charge is 2.16. The topological polar surface area (TPSA) is 69.9 Å². The molecule has 0 saturated carbocycles. The van der Waals surface area contributed by atoms with Crippen LogP contribution >= 0.6 is 11.6 Å². The molecule has 2 rings (SSSR count). The molecule has 2 aromatic rings. The number of carbonyl (C=O) groups excluding carboxylic acids is 1. The number of methoxy groups -OCH3 is 1. The van der Waals surface area contributed by atoms with Crippen molar-refractivity contribution in [2.24, 2.45) is 5.92 Å². The summed E-state index contributed by atoms with van der Waals surface area (Å²) in [6.45, 7) is 2.14. The van der Waals surface area contributed by atoms with Crippen molar-refractivity contribution in [2.45, 2.75) is 13.5 Å². The van der Waals surface area contributed by atoms with Crippen LogP contribution in [0.1, 0.15) is 6.92 Å². The highest BCUT2D eigenvalue weighted by atomic mass is 35.5. The Kier molecular flexibility index (Phi) is 3.23. The molecule has 0 saturated heterocycles. The Morgan fingerprint density at radius 3 is 3.06 bits per heavy atom. The molecular formula is C10H11ClN4O2. The molecule has 2 aromatic heterocycles. The molecule has 0 aromatic carbocycles. The molecule has 0 amide bonds. The number of ether oxygens (including phenoxy) is 1. The van der Waals surface area contributed by atoms with Gasteiger partial charge in [0, 0.05) is 0 Å². The highest BCUT2D eigenvalue weighted by Crippen LogP contribution is 2.13. The van der Waals surface area contributed by atoms with E-state index < -0.39 is 0 Å². The summed E-state index contributed by atoms with van der Waals surface area (Å²) in [5.41, 5.74) is 1.21. The van der Waals surface area contributed by atoms with Gasteiger partial charge in [0.15, 0.2) is 5.65 Å². The van der Waals surface area contributed by atoms with E-state index in [1.54, 1.807) is 17.8 Å². The molecule has 7 heteroatoms. The monoisotopic (exact) mass is 254 g/mol. The predicted octanol–water partition coefficient (Wildman–Crippen LogP) is 1.29. The van der Waals surface area contributed by atoms with Gasteiger partial charge in [0.05, 0.1) is 32.0 Å². The number of hydrogen-bond donors (Lipinski definition) is 0. The van der Waals surface area contributed by atoms with E-state index in [1.165, 1.54) is 13.3 Å². The first-order chi connectivity index (χ1) is 8.11. The van der Waals surface area contributed by atoms with Gasteiger partial charge in [-0.25, -0.2) is 14.6 Å². The first kappa shape index (κ1) is 11.8. The lowest BCUT2D eigenvalue weighted by molar-refractivity contribution is -0.145. The summed E-state index contributed by atoms with van der Waals surface area (Å²) in [6, 6.07) is 0. The number of nitrogens with zero attached hydrogens (tertiary/aromatic N) is 4. The van der Waals surface area contributed by atoms with Crippen LogP contribution in [0.3, 0.4) is 0 Å². The SMILES string of the molecule is COC(=O)[C@H](C)Cn1ncc2ncc(Cl)nc21. The molecule has 0 radical (unpaired) electrons. The van der Waals surface area contributed by atoms with Crippen molar-refractivity contribution in [1.82, 2.24) is 19.7 Å². The normalized spacial score (nSPS) is 12.6. The van der Waals surface area contributed by atoms with Crippen LogP contribution in [0, 0.1) is 5.92 Å². The van der Waals surface area contributed by atoms with E-state index in [4.69, 9.17) is 11.6 Å². The second-order valence-corrected chi connectivity index (χ2v) is 4.04. The Balaban J connectivity index is 2.30. The summed E-state index contributed by atoms with van der Waals surface area (Å²) in [7, 11) is 1.36. The van der Waals surface area contributed by atoms with E-state index in [0.29, 0.717) is 22.9 Å². The molecule has 0 aliphatic heterocycles. The molecular weight excluding hydrogens is 244 g/mol. The van der Waals surface area contributed by atoms with Gasteiger partial charge in [0.25, 0.3) is 0 Å². The maximum Gasteiger partial charge on any atom is 0.310 e. The average molecular weight is 255 g/mol. The Morgan fingerprint density at radius 2 is 2.35 bits per heavy atom. The Morgan fingerprint density at radius 1 is 1.59 bits per heavy atom. The third kappa shape index (κ3) is 2.36. The highest BCUT2D eigenvalue weighted by molar-refractivity contribution is 6.29. The molecule has 0 fully saturated rings. The van der Waals surface area contributed by atoms with Crippen LogP contribution in [0.5, 0.6) is 0 Å². The summed E-state index contributed by atoms with van der Waals surface area (Å²) in [5.74, 6) is -0.590. The van der Waals surface area contributed by atoms with Gasteiger partial charge < -0.3 is 4.74 Å². The summed E-state index contributed by atoms with van der Waals surface area (Å²) >= 11 is 5.77. The van der Waals surface area contributed by atoms with E-state index in [-0.39, 0.29) is 11.9 Å². The average Bonchev–Trinajstić information content (AvgIpc) is 2.71. The summed E-state index contributed by atoms with van der Waals surface area (Å²) in [6.07, 6.45) is 3.04. The minimum Gasteiger partial charge on any atom is -0.469 e. The zero-order valence-electron chi connectivity index (χ0n) is 9.42. The van der Waals surface area contributed by atoms with E-state index in [9.17, 15) is 4.79 Å². The summed E-state index contributed by atoms with van der Waals surface area (Å²) in [4.78, 5) is 19.5. The standard InChI is InChI=1S/C10H11ClN4O2/c1-6(10(16)17-2)5-15-9-7(3-13-15)12-4-8(11)14-9/h3-4,6H,5H2,1-2H3/t6-/m1/s1. The smallest absolute Gasteiger partial charge is 0.310 e. The van der Waals surface area contributed by atoms with Crippen LogP contribution in [-0.4, -0.2) is 32.8 Å². The third-order valence-electron chi connectivity index (χ3n) is 2.37. The van der Waals surface area contributed by atoms with Gasteiger partial charge in [0.1, 0.15) is 10.7 Å². The van der Waals surface area contributed by atoms with Gasteiger partial charge in [-0.05, 0) is 0 Å². The second kappa shape index (κ2) is 4.67. The number of rotatable bonds is 3. The van der Waals surface area contributed by atoms with Crippen molar-refractivity contribution in [3.05, 3.63) is 17.5 Å². The van der Waals surface area contributed by atoms with Crippen LogP contribution in [-0.2, 0) is 16.1 Å². The van der Waals surface area contributed by atoms with E-state index >= 15 is 0 Å². The van der Waals surface area contributed by atoms with Gasteiger partial charge in [-0.2, -0.15) is 5.10 Å². The zero-order chi connectivity index (χ0) is 12.4. The minimum absolute atomic E-state index is 0.288. The van der Waals surface area contributed by atoms with Crippen LogP contribution in [0.2, 0.25) is 5.15 Å². The number of halogens is 1. The molecule has 0 aliphatic carbocycles. The summed E-state index contributed by atoms with van der Waals surface area (Å²) < 4.78 is 6.25. The fourth-order valence-electron chi connectivity index (χ4n) is 1.50. The number of carbonyl (C=O) groups is 1. The zero-order valence-corrected chi connectivity index (χ0v) is 10.2. The van der Waals surface area contributed by atoms with Gasteiger partial charge in [-0.3, -0.25) is 4.79 Å². The van der Waals surface area contributed by atoms with Crippen molar-refractivity contribution in [1.29, 1.82) is 0 Å². The Bertz CT molecular complexity index is 554. The molecule has 6 nitrogen and oxygen atoms in total. The largest absolute Gasteiger partial charge is 0.469 e. The van der Waals surface area contributed by atoms with Gasteiger partial charge in [-0.1, -0.05) is 18.5 Å². The lowest BCUT2D eigenvalue weighted by Gasteiger charge is -2.09. The van der Waals surface area contributed by atoms with Crippen LogP contribution < -0.4 is 0 Å². The minimum atomic E-state index is -0.302. The van der Waals surface area contributed by atoms with Crippen molar-refractivity contribution >= 4 is 28.7 Å². The summed E-state index contributed by atoms with van der Waals surface area (Å²) in [5, 5.41) is 4.41. The van der Waals surface area contributed by atoms with Gasteiger partial charge in [-0.15, -0.1) is 0 Å². The third-order valence-corrected chi connectivity index (χ3v) is 2.55. The number of hydrogen-bond acceptors (Lipinski definition) is 5. The molecule has 2 heterocycles. The number of fused-ring (bicyclic) bond motifs is 1. The van der Waals surface area contributed by atoms with Crippen LogP contribution in [0.4, 0.5) is 0 Å².